The van der Waals surface area contributed by atoms with E-state index in [1.807, 2.05) is 0 Å². The van der Waals surface area contributed by atoms with Gasteiger partial charge in [-0.3, -0.25) is 0 Å². The fourth-order valence-electron chi connectivity index (χ4n) is 0.573. The summed E-state index contributed by atoms with van der Waals surface area (Å²) in [6.45, 7) is 0. The molecule has 1 aliphatic rings. The van der Waals surface area contributed by atoms with Gasteiger partial charge in [0.05, 0.1) is 5.70 Å². The molecule has 0 unspecified atom stereocenters. The second-order valence-corrected chi connectivity index (χ2v) is 1.77. The summed E-state index contributed by atoms with van der Waals surface area (Å²) in [5.74, 6) is 0. The molecule has 0 radical (unpaired) electrons. The van der Waals surface area contributed by atoms with Gasteiger partial charge in [-0.25, -0.2) is 0 Å². The molecule has 0 aromatic carbocycles. The van der Waals surface area contributed by atoms with Gasteiger partial charge in [0.1, 0.15) is 0 Å². The van der Waals surface area contributed by atoms with E-state index in [-0.39, 0.29) is 0 Å². The van der Waals surface area contributed by atoms with Crippen molar-refractivity contribution in [3.8, 4) is 0 Å². The largest absolute Gasteiger partial charge is 0.399 e. The monoisotopic (exact) mass is 120 g/mol. The Morgan fingerprint density at radius 3 is 2.89 bits per heavy atom. The average Bonchev–Trinajstić information content (AvgIpc) is 1.93. The van der Waals surface area contributed by atoms with E-state index in [4.69, 9.17) is 11.5 Å². The van der Waals surface area contributed by atoms with E-state index >= 15 is 0 Å². The van der Waals surface area contributed by atoms with Gasteiger partial charge in [0.25, 0.3) is 0 Å². The second-order valence-electron chi connectivity index (χ2n) is 1.77. The van der Waals surface area contributed by atoms with Crippen LogP contribution in [0.15, 0.2) is 41.4 Å². The molecule has 1 rings (SSSR count). The van der Waals surface area contributed by atoms with E-state index in [1.54, 1.807) is 24.3 Å². The van der Waals surface area contributed by atoms with Gasteiger partial charge in [0.2, 0.25) is 0 Å². The van der Waals surface area contributed by atoms with Gasteiger partial charge in [-0.15, -0.1) is 0 Å². The molecule has 0 heterocycles. The molecule has 2 heteroatoms. The molecular weight excluding hydrogens is 112 g/mol. The Morgan fingerprint density at radius 1 is 1.33 bits per heavy atom. The highest BCUT2D eigenvalue weighted by Crippen LogP contribution is 1.95. The molecule has 0 amide bonds. The lowest BCUT2D eigenvalue weighted by Crippen LogP contribution is -1.97. The third-order valence-electron chi connectivity index (χ3n) is 0.957. The zero-order valence-corrected chi connectivity index (χ0v) is 4.96. The Labute approximate surface area is 53.8 Å². The Balaban J connectivity index is 3.01. The lowest BCUT2D eigenvalue weighted by Gasteiger charge is -1.87. The fourth-order valence-corrected chi connectivity index (χ4v) is 0.573. The summed E-state index contributed by atoms with van der Waals surface area (Å²) in [5.41, 5.74) is 14.9. The van der Waals surface area contributed by atoms with Crippen LogP contribution in [0.2, 0.25) is 0 Å². The summed E-state index contributed by atoms with van der Waals surface area (Å²) in [5, 5.41) is 0. The Morgan fingerprint density at radius 2 is 2.11 bits per heavy atom. The first-order valence-corrected chi connectivity index (χ1v) is 2.65. The van der Waals surface area contributed by atoms with Crippen molar-refractivity contribution in [3.63, 3.8) is 0 Å². The second kappa shape index (κ2) is 2.25. The smallest absolute Gasteiger partial charge is 0.0768 e. The zero-order valence-electron chi connectivity index (χ0n) is 4.96. The van der Waals surface area contributed by atoms with Gasteiger partial charge in [0.15, 0.2) is 0 Å². The maximum absolute atomic E-state index is 5.44. The molecule has 0 aromatic heterocycles. The summed E-state index contributed by atoms with van der Waals surface area (Å²) in [6, 6.07) is 0. The Bertz CT molecular complexity index is 227. The van der Waals surface area contributed by atoms with E-state index in [2.05, 4.69) is 5.73 Å². The van der Waals surface area contributed by atoms with Crippen molar-refractivity contribution in [2.75, 3.05) is 0 Å². The fraction of sp³-hybridized carbons (Fsp3) is 0. The van der Waals surface area contributed by atoms with Crippen LogP contribution in [0.3, 0.4) is 0 Å². The average molecular weight is 120 g/mol. The van der Waals surface area contributed by atoms with Gasteiger partial charge in [-0.2, -0.15) is 0 Å². The molecule has 0 aromatic rings. The maximum atomic E-state index is 5.44. The summed E-state index contributed by atoms with van der Waals surface area (Å²) < 4.78 is 0. The summed E-state index contributed by atoms with van der Waals surface area (Å²) in [7, 11) is 0. The van der Waals surface area contributed by atoms with Crippen molar-refractivity contribution in [2.24, 2.45) is 11.5 Å². The van der Waals surface area contributed by atoms with Crippen LogP contribution >= 0.6 is 0 Å². The standard InChI is InChI=1S/C7H8N2/c8-6-3-1-2-4-7(9)5-6/h1-3,5H,8-9H2. The SMILES string of the molecule is NC1=C=CC=CC(N)=C1. The Hall–Kier alpha value is -1.40. The van der Waals surface area contributed by atoms with Gasteiger partial charge in [0, 0.05) is 5.70 Å². The summed E-state index contributed by atoms with van der Waals surface area (Å²) in [4.78, 5) is 0. The molecule has 0 spiro atoms. The highest BCUT2D eigenvalue weighted by Gasteiger charge is 1.85. The minimum Gasteiger partial charge on any atom is -0.399 e. The molecule has 4 N–H and O–H groups in total. The van der Waals surface area contributed by atoms with Crippen LogP contribution in [-0.2, 0) is 0 Å². The number of hydrogen-bond acceptors (Lipinski definition) is 2. The number of allylic oxidation sites excluding steroid dienone is 3. The minimum atomic E-state index is 0.567. The van der Waals surface area contributed by atoms with Gasteiger partial charge in [-0.1, -0.05) is 11.8 Å². The molecule has 0 saturated heterocycles. The summed E-state index contributed by atoms with van der Waals surface area (Å²) in [6.07, 6.45) is 6.96. The summed E-state index contributed by atoms with van der Waals surface area (Å²) >= 11 is 0. The minimum absolute atomic E-state index is 0.567. The van der Waals surface area contributed by atoms with Crippen molar-refractivity contribution in [1.82, 2.24) is 0 Å². The maximum Gasteiger partial charge on any atom is 0.0768 e. The van der Waals surface area contributed by atoms with Gasteiger partial charge in [-0.05, 0) is 18.2 Å². The number of nitrogens with two attached hydrogens (primary N) is 2. The predicted octanol–water partition coefficient (Wildman–Crippen LogP) is 0.397. The van der Waals surface area contributed by atoms with Crippen LogP contribution in [0, 0.1) is 0 Å². The van der Waals surface area contributed by atoms with Crippen LogP contribution in [0.4, 0.5) is 0 Å². The van der Waals surface area contributed by atoms with E-state index in [0.717, 1.165) is 0 Å². The van der Waals surface area contributed by atoms with E-state index < -0.39 is 0 Å². The molecule has 9 heavy (non-hydrogen) atoms. The zero-order chi connectivity index (χ0) is 6.69. The van der Waals surface area contributed by atoms with Crippen LogP contribution in [0.5, 0.6) is 0 Å². The molecule has 2 nitrogen and oxygen atoms in total. The molecule has 0 saturated carbocycles. The van der Waals surface area contributed by atoms with Crippen molar-refractivity contribution in [3.05, 3.63) is 41.4 Å². The third-order valence-corrected chi connectivity index (χ3v) is 0.957. The van der Waals surface area contributed by atoms with Crippen LogP contribution in [0.25, 0.3) is 0 Å². The molecule has 0 fully saturated rings. The van der Waals surface area contributed by atoms with Crippen LogP contribution in [0.1, 0.15) is 0 Å². The highest BCUT2D eigenvalue weighted by molar-refractivity contribution is 5.31. The first kappa shape index (κ1) is 5.73. The topological polar surface area (TPSA) is 52.0 Å². The quantitative estimate of drug-likeness (QED) is 0.454. The Kier molecular flexibility index (Phi) is 1.43. The van der Waals surface area contributed by atoms with Crippen LogP contribution in [-0.4, -0.2) is 0 Å². The van der Waals surface area contributed by atoms with Gasteiger partial charge < -0.3 is 11.5 Å². The van der Waals surface area contributed by atoms with Crippen molar-refractivity contribution < 1.29 is 0 Å². The van der Waals surface area contributed by atoms with Crippen molar-refractivity contribution >= 4 is 0 Å². The third kappa shape index (κ3) is 1.52. The van der Waals surface area contributed by atoms with E-state index in [9.17, 15) is 0 Å². The predicted molar refractivity (Wildman–Crippen MR) is 37.2 cm³/mol. The van der Waals surface area contributed by atoms with Gasteiger partial charge >= 0.3 is 0 Å². The lowest BCUT2D eigenvalue weighted by atomic mass is 10.3. The van der Waals surface area contributed by atoms with E-state index in [0.29, 0.717) is 11.4 Å². The first-order chi connectivity index (χ1) is 4.29. The molecule has 0 atom stereocenters. The van der Waals surface area contributed by atoms with Crippen LogP contribution < -0.4 is 11.5 Å². The first-order valence-electron chi connectivity index (χ1n) is 2.65. The highest BCUT2D eigenvalue weighted by atomic mass is 14.6. The number of rotatable bonds is 0. The van der Waals surface area contributed by atoms with E-state index in [1.165, 1.54) is 0 Å². The van der Waals surface area contributed by atoms with Crippen molar-refractivity contribution in [2.45, 2.75) is 0 Å². The normalized spacial score (nSPS) is 16.4. The molecular formula is C7H8N2. The van der Waals surface area contributed by atoms with Crippen molar-refractivity contribution in [1.29, 1.82) is 0 Å². The molecule has 0 bridgehead atoms. The molecule has 0 aliphatic heterocycles. The molecule has 1 aliphatic carbocycles. The number of hydrogen-bond donors (Lipinski definition) is 2. The lowest BCUT2D eigenvalue weighted by molar-refractivity contribution is 1.36. The molecule has 46 valence electrons.